The van der Waals surface area contributed by atoms with Gasteiger partial charge in [-0.3, -0.25) is 24.0 Å². The average Bonchev–Trinajstić information content (AvgIpc) is 3.47. The fourth-order valence-corrected chi connectivity index (χ4v) is 8.74. The highest BCUT2D eigenvalue weighted by Gasteiger charge is 2.61. The van der Waals surface area contributed by atoms with Gasteiger partial charge in [0.25, 0.3) is 5.56 Å². The number of phenolic OH excluding ortho intramolecular Hbond substituents is 1. The van der Waals surface area contributed by atoms with Gasteiger partial charge in [0, 0.05) is 73.6 Å². The molecule has 1 saturated heterocycles. The van der Waals surface area contributed by atoms with Crippen LogP contribution in [-0.2, 0) is 20.9 Å². The standard InChI is InChI=1S/C39H40ClN3O11/c1-19-10-26(45)33(37(49)39(19)38(50)34-28(52-3)14-29(53-4)35(40)36(34)54-39)23(21-8-9-25(44)27(12-21)51-2)13-30(46)41-15-32(48)42-16-20-11-22(18-42)24-6-5-7-31(47)43(24)17-20/h5-9,12,14,19-20,22-23,44,49H,10-11,13,15-18H2,1-4H3,(H,41,46)/t19?,20-,22+,23?,39?/m1/s1. The molecule has 1 aromatic heterocycles. The molecule has 3 aliphatic heterocycles. The molecule has 3 N–H and O–H groups in total. The minimum Gasteiger partial charge on any atom is -0.507 e. The summed E-state index contributed by atoms with van der Waals surface area (Å²) in [6, 6.07) is 10.8. The third-order valence-corrected chi connectivity index (χ3v) is 11.5. The van der Waals surface area contributed by atoms with E-state index in [4.69, 9.17) is 30.5 Å². The maximum atomic E-state index is 14.4. The second-order valence-corrected chi connectivity index (χ2v) is 14.6. The molecule has 2 aromatic carbocycles. The van der Waals surface area contributed by atoms with Crippen LogP contribution in [0.3, 0.4) is 0 Å². The quantitative estimate of drug-likeness (QED) is 0.288. The molecule has 3 unspecified atom stereocenters. The molecule has 1 fully saturated rings. The number of ketones is 2. The zero-order valence-corrected chi connectivity index (χ0v) is 30.9. The number of ether oxygens (including phenoxy) is 4. The van der Waals surface area contributed by atoms with Gasteiger partial charge in [0.1, 0.15) is 22.1 Å². The molecule has 5 atom stereocenters. The second-order valence-electron chi connectivity index (χ2n) is 14.2. The van der Waals surface area contributed by atoms with Crippen molar-refractivity contribution in [2.75, 3.05) is 41.0 Å². The highest BCUT2D eigenvalue weighted by molar-refractivity contribution is 6.35. The molecule has 1 aliphatic carbocycles. The number of likely N-dealkylation sites (tertiary alicyclic amines) is 1. The average molecular weight is 762 g/mol. The molecule has 2 bridgehead atoms. The number of hydrogen-bond acceptors (Lipinski definition) is 11. The first-order valence-electron chi connectivity index (χ1n) is 17.6. The van der Waals surface area contributed by atoms with Gasteiger partial charge in [-0.05, 0) is 36.1 Å². The van der Waals surface area contributed by atoms with Gasteiger partial charge >= 0.3 is 0 Å². The third kappa shape index (κ3) is 5.92. The first-order chi connectivity index (χ1) is 25.8. The van der Waals surface area contributed by atoms with Gasteiger partial charge in [-0.15, -0.1) is 0 Å². The minimum atomic E-state index is -2.10. The number of methoxy groups -OCH3 is 3. The number of hydrogen-bond donors (Lipinski definition) is 3. The number of aliphatic hydroxyl groups is 1. The van der Waals surface area contributed by atoms with E-state index in [-0.39, 0.29) is 81.2 Å². The van der Waals surface area contributed by atoms with Crippen LogP contribution in [0.25, 0.3) is 0 Å². The monoisotopic (exact) mass is 761 g/mol. The number of rotatable bonds is 9. The maximum Gasteiger partial charge on any atom is 0.250 e. The van der Waals surface area contributed by atoms with Crippen molar-refractivity contribution in [1.82, 2.24) is 14.8 Å². The summed E-state index contributed by atoms with van der Waals surface area (Å²) in [6.07, 6.45) is 0.180. The SMILES string of the molecule is COc1cc(C(CC(=O)NCC(=O)N2C[C@H]3C[C@@H](C2)c2cccc(=O)n2C3)C2=C(O)C3(Oc4c(Cl)c(OC)cc(OC)c4C3=O)C(C)CC2=O)ccc1O. The molecule has 4 aliphatic rings. The van der Waals surface area contributed by atoms with E-state index in [0.29, 0.717) is 25.2 Å². The number of allylic oxidation sites excluding steroid dienone is 1. The van der Waals surface area contributed by atoms with Gasteiger partial charge in [0.15, 0.2) is 28.8 Å². The zero-order valence-electron chi connectivity index (χ0n) is 30.1. The van der Waals surface area contributed by atoms with Crippen molar-refractivity contribution >= 4 is 35.0 Å². The molecule has 54 heavy (non-hydrogen) atoms. The lowest BCUT2D eigenvalue weighted by atomic mass is 9.69. The number of amides is 2. The van der Waals surface area contributed by atoms with Gasteiger partial charge in [-0.2, -0.15) is 0 Å². The zero-order chi connectivity index (χ0) is 38.6. The number of pyridine rings is 1. The van der Waals surface area contributed by atoms with Crippen LogP contribution < -0.4 is 29.8 Å². The lowest BCUT2D eigenvalue weighted by Crippen LogP contribution is -2.53. The molecular formula is C39H40ClN3O11. The number of piperidine rings is 1. The number of benzene rings is 2. The summed E-state index contributed by atoms with van der Waals surface area (Å²) < 4.78 is 24.2. The number of halogens is 1. The van der Waals surface area contributed by atoms with Crippen molar-refractivity contribution in [3.8, 4) is 28.7 Å². The van der Waals surface area contributed by atoms with Crippen LogP contribution in [0.15, 0.2) is 58.6 Å². The molecule has 284 valence electrons. The molecular weight excluding hydrogens is 722 g/mol. The van der Waals surface area contributed by atoms with E-state index < -0.39 is 47.1 Å². The van der Waals surface area contributed by atoms with E-state index >= 15 is 0 Å². The Bertz CT molecular complexity index is 2180. The smallest absolute Gasteiger partial charge is 0.250 e. The van der Waals surface area contributed by atoms with Crippen LogP contribution in [0.4, 0.5) is 0 Å². The van der Waals surface area contributed by atoms with E-state index in [9.17, 15) is 34.2 Å². The number of aromatic nitrogens is 1. The van der Waals surface area contributed by atoms with E-state index in [0.717, 1.165) is 12.1 Å². The number of carbonyl (C=O) groups excluding carboxylic acids is 4. The van der Waals surface area contributed by atoms with Gasteiger partial charge < -0.3 is 43.9 Å². The summed E-state index contributed by atoms with van der Waals surface area (Å²) in [5, 5.41) is 25.2. The topological polar surface area (TPSA) is 183 Å². The van der Waals surface area contributed by atoms with Crippen molar-refractivity contribution in [3.05, 3.63) is 86.0 Å². The largest absolute Gasteiger partial charge is 0.507 e. The number of phenols is 1. The number of aliphatic hydroxyl groups excluding tert-OH is 1. The van der Waals surface area contributed by atoms with Gasteiger partial charge in [-0.25, -0.2) is 0 Å². The summed E-state index contributed by atoms with van der Waals surface area (Å²) >= 11 is 6.60. The van der Waals surface area contributed by atoms with Crippen molar-refractivity contribution in [3.63, 3.8) is 0 Å². The Morgan fingerprint density at radius 2 is 1.74 bits per heavy atom. The molecule has 2 amide bonds. The Morgan fingerprint density at radius 3 is 2.46 bits per heavy atom. The summed E-state index contributed by atoms with van der Waals surface area (Å²) in [7, 11) is 4.07. The maximum absolute atomic E-state index is 14.4. The highest BCUT2D eigenvalue weighted by Crippen LogP contribution is 2.56. The number of Topliss-reactive ketones (excluding diaryl/α,β-unsaturated/α-hetero) is 2. The Morgan fingerprint density at radius 1 is 1.00 bits per heavy atom. The molecule has 14 nitrogen and oxygen atoms in total. The Balaban J connectivity index is 1.19. The lowest BCUT2D eigenvalue weighted by Gasteiger charge is -2.42. The Hall–Kier alpha value is -5.50. The molecule has 7 rings (SSSR count). The third-order valence-electron chi connectivity index (χ3n) is 11.1. The minimum absolute atomic E-state index is 0.00978. The van der Waals surface area contributed by atoms with Crippen LogP contribution in [-0.4, -0.2) is 89.6 Å². The predicted molar refractivity (Wildman–Crippen MR) is 194 cm³/mol. The number of nitrogens with zero attached hydrogens (tertiary/aromatic N) is 2. The number of aromatic hydroxyl groups is 1. The number of carbonyl (C=O) groups is 4. The van der Waals surface area contributed by atoms with Crippen LogP contribution >= 0.6 is 11.6 Å². The van der Waals surface area contributed by atoms with Gasteiger partial charge in [-0.1, -0.05) is 30.7 Å². The van der Waals surface area contributed by atoms with Crippen LogP contribution in [0, 0.1) is 11.8 Å². The van der Waals surface area contributed by atoms with Crippen LogP contribution in [0.2, 0.25) is 5.02 Å². The van der Waals surface area contributed by atoms with E-state index in [1.807, 2.05) is 6.07 Å². The first-order valence-corrected chi connectivity index (χ1v) is 18.0. The second kappa shape index (κ2) is 14.0. The molecule has 0 saturated carbocycles. The normalized spacial score (nSPS) is 23.4. The summed E-state index contributed by atoms with van der Waals surface area (Å²) in [6.45, 7) is 2.61. The summed E-state index contributed by atoms with van der Waals surface area (Å²) in [5.74, 6) is -4.80. The summed E-state index contributed by atoms with van der Waals surface area (Å²) in [4.78, 5) is 69.7. The van der Waals surface area contributed by atoms with Crippen molar-refractivity contribution in [2.45, 2.75) is 50.2 Å². The molecule has 15 heteroatoms. The van der Waals surface area contributed by atoms with Gasteiger partial charge in [0.2, 0.25) is 23.2 Å². The number of nitrogens with one attached hydrogen (secondary N) is 1. The van der Waals surface area contributed by atoms with E-state index in [1.54, 1.807) is 22.5 Å². The predicted octanol–water partition coefficient (Wildman–Crippen LogP) is 3.90. The van der Waals surface area contributed by atoms with Crippen LogP contribution in [0.1, 0.15) is 59.6 Å². The summed E-state index contributed by atoms with van der Waals surface area (Å²) in [5.41, 5.74) is -1.25. The molecule has 0 radical (unpaired) electrons. The fraction of sp³-hybridized carbons (Fsp3) is 0.410. The Labute approximate surface area is 315 Å². The van der Waals surface area contributed by atoms with Crippen molar-refractivity contribution < 1.29 is 48.3 Å². The molecule has 1 spiro atoms. The van der Waals surface area contributed by atoms with Crippen molar-refractivity contribution in [2.24, 2.45) is 11.8 Å². The Kier molecular flexibility index (Phi) is 9.59. The highest BCUT2D eigenvalue weighted by atomic mass is 35.5. The van der Waals surface area contributed by atoms with Gasteiger partial charge in [0.05, 0.1) is 27.9 Å². The molecule has 4 heterocycles. The fourth-order valence-electron chi connectivity index (χ4n) is 8.48. The lowest BCUT2D eigenvalue weighted by molar-refractivity contribution is -0.135. The van der Waals surface area contributed by atoms with E-state index in [1.165, 1.54) is 51.7 Å². The van der Waals surface area contributed by atoms with Crippen molar-refractivity contribution in [1.29, 1.82) is 0 Å². The molecule has 3 aromatic rings. The van der Waals surface area contributed by atoms with E-state index in [2.05, 4.69) is 5.32 Å². The first kappa shape index (κ1) is 36.8. The van der Waals surface area contributed by atoms with Crippen LogP contribution in [0.5, 0.6) is 28.7 Å². The number of fused-ring (bicyclic) bond motifs is 5.